The third-order valence-electron chi connectivity index (χ3n) is 5.78. The third-order valence-corrected chi connectivity index (χ3v) is 12.1. The molecular formula is C25H28BrClN2O2Si. The first-order valence-electron chi connectivity index (χ1n) is 10.6. The topological polar surface area (TPSA) is 58.2 Å². The van der Waals surface area contributed by atoms with Crippen LogP contribution in [0.1, 0.15) is 38.9 Å². The van der Waals surface area contributed by atoms with E-state index in [1.54, 1.807) is 6.07 Å². The van der Waals surface area contributed by atoms with Crippen molar-refractivity contribution in [3.05, 3.63) is 82.0 Å². The van der Waals surface area contributed by atoms with E-state index >= 15 is 0 Å². The minimum absolute atomic E-state index is 0.0259. The summed E-state index contributed by atoms with van der Waals surface area (Å²) in [6.45, 7) is 6.99. The van der Waals surface area contributed by atoms with Gasteiger partial charge < -0.3 is 14.1 Å². The summed E-state index contributed by atoms with van der Waals surface area (Å²) in [5.74, 6) is 0. The zero-order valence-corrected chi connectivity index (χ0v) is 21.9. The Balaban J connectivity index is 2.12. The van der Waals surface area contributed by atoms with Gasteiger partial charge in [0.05, 0.1) is 17.7 Å². The molecule has 0 unspecified atom stereocenters. The van der Waals surface area contributed by atoms with Gasteiger partial charge in [0.15, 0.2) is 0 Å². The fourth-order valence-corrected chi connectivity index (χ4v) is 9.72. The van der Waals surface area contributed by atoms with Crippen molar-refractivity contribution in [2.24, 2.45) is 0 Å². The lowest BCUT2D eigenvalue weighted by atomic mass is 10.2. The molecule has 2 aromatic carbocycles. The van der Waals surface area contributed by atoms with Crippen molar-refractivity contribution in [1.29, 1.82) is 5.26 Å². The molecule has 0 amide bonds. The molecule has 7 heteroatoms. The maximum absolute atomic E-state index is 9.79. The summed E-state index contributed by atoms with van der Waals surface area (Å²) in [4.78, 5) is 0. The highest BCUT2D eigenvalue weighted by Gasteiger charge is 2.50. The summed E-state index contributed by atoms with van der Waals surface area (Å²) in [6, 6.07) is 24.4. The molecule has 0 aliphatic carbocycles. The number of nitrogens with zero attached hydrogens (tertiary/aromatic N) is 2. The lowest BCUT2D eigenvalue weighted by Crippen LogP contribution is -2.67. The van der Waals surface area contributed by atoms with Crippen LogP contribution in [0.15, 0.2) is 71.3 Å². The van der Waals surface area contributed by atoms with Gasteiger partial charge in [0.2, 0.25) is 0 Å². The second-order valence-electron chi connectivity index (χ2n) is 8.79. The maximum Gasteiger partial charge on any atom is 0.261 e. The first kappa shape index (κ1) is 24.8. The fraction of sp³-hybridized carbons (Fsp3) is 0.320. The lowest BCUT2D eigenvalue weighted by Gasteiger charge is -2.44. The largest absolute Gasteiger partial charge is 0.405 e. The maximum atomic E-state index is 9.79. The molecular weight excluding hydrogens is 504 g/mol. The third kappa shape index (κ3) is 4.73. The lowest BCUT2D eigenvalue weighted by molar-refractivity contribution is 0.191. The molecule has 168 valence electrons. The Labute approximate surface area is 204 Å². The average Bonchev–Trinajstić information content (AvgIpc) is 3.07. The van der Waals surface area contributed by atoms with E-state index in [-0.39, 0.29) is 17.7 Å². The molecule has 1 aromatic heterocycles. The number of aromatic nitrogens is 1. The van der Waals surface area contributed by atoms with Crippen LogP contribution in [0, 0.1) is 11.3 Å². The Hall–Kier alpha value is -1.88. The molecule has 3 rings (SSSR count). The predicted molar refractivity (Wildman–Crippen MR) is 136 cm³/mol. The average molecular weight is 532 g/mol. The molecule has 0 bridgehead atoms. The van der Waals surface area contributed by atoms with Crippen LogP contribution in [0.2, 0.25) is 10.1 Å². The van der Waals surface area contributed by atoms with Crippen LogP contribution in [-0.4, -0.2) is 31.2 Å². The van der Waals surface area contributed by atoms with Gasteiger partial charge in [-0.15, -0.1) is 0 Å². The van der Waals surface area contributed by atoms with Crippen LogP contribution in [0.4, 0.5) is 0 Å². The Kier molecular flexibility index (Phi) is 8.02. The van der Waals surface area contributed by atoms with Gasteiger partial charge in [0, 0.05) is 6.61 Å². The first-order chi connectivity index (χ1) is 15.3. The van der Waals surface area contributed by atoms with Gasteiger partial charge in [-0.2, -0.15) is 5.26 Å². The molecule has 0 saturated carbocycles. The van der Waals surface area contributed by atoms with E-state index in [2.05, 4.69) is 91.3 Å². The predicted octanol–water partition coefficient (Wildman–Crippen LogP) is 5.28. The molecule has 1 N–H and O–H groups in total. The Morgan fingerprint density at radius 3 is 2.06 bits per heavy atom. The van der Waals surface area contributed by atoms with Crippen LogP contribution < -0.4 is 10.4 Å². The SMILES string of the molecule is CC(C)(C)[Si](OC[C@H](CCO)n1c(C#N)cc(Cl)c1Br)(c1ccccc1)c1ccccc1. The highest BCUT2D eigenvalue weighted by Crippen LogP contribution is 2.38. The summed E-state index contributed by atoms with van der Waals surface area (Å²) in [7, 11) is -2.74. The van der Waals surface area contributed by atoms with E-state index < -0.39 is 8.32 Å². The molecule has 3 aromatic rings. The van der Waals surface area contributed by atoms with Gasteiger partial charge in [0.1, 0.15) is 16.4 Å². The molecule has 0 radical (unpaired) electrons. The standard InChI is InChI=1S/C25H28BrClN2O2Si/c1-25(2,3)32(21-10-6-4-7-11-21,22-12-8-5-9-13-22)31-18-19(14-15-30)29-20(17-28)16-23(27)24(29)26/h4-13,16,19,30H,14-15,18H2,1-3H3/t19-/m0/s1. The van der Waals surface area contributed by atoms with Crippen LogP contribution in [0.5, 0.6) is 0 Å². The number of halogens is 2. The number of nitriles is 1. The van der Waals surface area contributed by atoms with E-state index in [1.807, 2.05) is 16.7 Å². The number of hydrogen-bond acceptors (Lipinski definition) is 3. The molecule has 0 aliphatic heterocycles. The number of aliphatic hydroxyl groups excluding tert-OH is 1. The number of rotatable bonds is 8. The first-order valence-corrected chi connectivity index (χ1v) is 13.7. The van der Waals surface area contributed by atoms with Crippen molar-refractivity contribution in [2.75, 3.05) is 13.2 Å². The van der Waals surface area contributed by atoms with E-state index in [0.717, 1.165) is 0 Å². The summed E-state index contributed by atoms with van der Waals surface area (Å²) in [5.41, 5.74) is 0.436. The van der Waals surface area contributed by atoms with Crippen LogP contribution in [0.3, 0.4) is 0 Å². The highest BCUT2D eigenvalue weighted by atomic mass is 79.9. The van der Waals surface area contributed by atoms with Gasteiger partial charge in [-0.25, -0.2) is 0 Å². The quantitative estimate of drug-likeness (QED) is 0.403. The van der Waals surface area contributed by atoms with Gasteiger partial charge in [-0.3, -0.25) is 0 Å². The number of aliphatic hydroxyl groups is 1. The van der Waals surface area contributed by atoms with Crippen molar-refractivity contribution in [3.8, 4) is 6.07 Å². The normalized spacial score (nSPS) is 13.0. The minimum atomic E-state index is -2.74. The van der Waals surface area contributed by atoms with E-state index in [0.29, 0.717) is 28.3 Å². The van der Waals surface area contributed by atoms with Crippen molar-refractivity contribution < 1.29 is 9.53 Å². The van der Waals surface area contributed by atoms with Gasteiger partial charge in [-0.05, 0) is 43.8 Å². The van der Waals surface area contributed by atoms with E-state index in [1.165, 1.54) is 10.4 Å². The zero-order chi connectivity index (χ0) is 23.4. The summed E-state index contributed by atoms with van der Waals surface area (Å²) in [5, 5.41) is 22.1. The van der Waals surface area contributed by atoms with Crippen LogP contribution in [-0.2, 0) is 4.43 Å². The van der Waals surface area contributed by atoms with Crippen LogP contribution >= 0.6 is 27.5 Å². The highest BCUT2D eigenvalue weighted by molar-refractivity contribution is 9.10. The molecule has 0 aliphatic rings. The summed E-state index contributed by atoms with van der Waals surface area (Å²) in [6.07, 6.45) is 0.441. The molecule has 1 heterocycles. The Morgan fingerprint density at radius 1 is 1.09 bits per heavy atom. The second-order valence-corrected chi connectivity index (χ2v) is 14.3. The van der Waals surface area contributed by atoms with Gasteiger partial charge in [0.25, 0.3) is 8.32 Å². The Morgan fingerprint density at radius 2 is 1.62 bits per heavy atom. The monoisotopic (exact) mass is 530 g/mol. The van der Waals surface area contributed by atoms with Crippen molar-refractivity contribution in [2.45, 2.75) is 38.3 Å². The summed E-state index contributed by atoms with van der Waals surface area (Å²) >= 11 is 9.81. The number of hydrogen-bond donors (Lipinski definition) is 1. The van der Waals surface area contributed by atoms with Crippen molar-refractivity contribution in [1.82, 2.24) is 4.57 Å². The number of benzene rings is 2. The Bertz CT molecular complexity index is 1040. The fourth-order valence-electron chi connectivity index (χ4n) is 4.33. The minimum Gasteiger partial charge on any atom is -0.405 e. The molecule has 32 heavy (non-hydrogen) atoms. The second kappa shape index (κ2) is 10.4. The van der Waals surface area contributed by atoms with Gasteiger partial charge in [-0.1, -0.05) is 93.0 Å². The van der Waals surface area contributed by atoms with E-state index in [9.17, 15) is 10.4 Å². The van der Waals surface area contributed by atoms with Crippen molar-refractivity contribution >= 4 is 46.2 Å². The zero-order valence-electron chi connectivity index (χ0n) is 18.6. The van der Waals surface area contributed by atoms with E-state index in [4.69, 9.17) is 16.0 Å². The molecule has 0 spiro atoms. The molecule has 4 nitrogen and oxygen atoms in total. The smallest absolute Gasteiger partial charge is 0.261 e. The molecule has 1 atom stereocenters. The van der Waals surface area contributed by atoms with Gasteiger partial charge >= 0.3 is 0 Å². The summed E-state index contributed by atoms with van der Waals surface area (Å²) < 4.78 is 9.49. The molecule has 0 fully saturated rings. The van der Waals surface area contributed by atoms with Crippen LogP contribution in [0.25, 0.3) is 0 Å². The van der Waals surface area contributed by atoms with Crippen molar-refractivity contribution in [3.63, 3.8) is 0 Å². The molecule has 0 saturated heterocycles.